The molecule has 1 aliphatic rings. The molecule has 2 unspecified atom stereocenters. The second-order valence-corrected chi connectivity index (χ2v) is 13.4. The van der Waals surface area contributed by atoms with Gasteiger partial charge in [0, 0.05) is 31.8 Å². The normalized spacial score (nSPS) is 15.2. The van der Waals surface area contributed by atoms with Gasteiger partial charge in [0.2, 0.25) is 0 Å². The maximum atomic E-state index is 13.9. The first kappa shape index (κ1) is 36.8. The molecule has 5 rings (SSSR count). The van der Waals surface area contributed by atoms with E-state index < -0.39 is 41.7 Å². The number of hydrazine groups is 1. The van der Waals surface area contributed by atoms with Crippen molar-refractivity contribution >= 4 is 40.8 Å². The largest absolute Gasteiger partial charge is 0.480 e. The van der Waals surface area contributed by atoms with Gasteiger partial charge in [-0.1, -0.05) is 42.5 Å². The molecule has 51 heavy (non-hydrogen) atoms. The lowest BCUT2D eigenvalue weighted by Crippen LogP contribution is -2.60. The minimum Gasteiger partial charge on any atom is -0.480 e. The Hall–Kier alpha value is -5.47. The molecule has 14 nitrogen and oxygen atoms in total. The van der Waals surface area contributed by atoms with Gasteiger partial charge in [0.1, 0.15) is 24.3 Å². The number of ether oxygens (including phenoxy) is 2. The summed E-state index contributed by atoms with van der Waals surface area (Å²) in [5.41, 5.74) is 6.85. The minimum absolute atomic E-state index is 0.0216. The van der Waals surface area contributed by atoms with Crippen LogP contribution in [0.3, 0.4) is 0 Å². The van der Waals surface area contributed by atoms with Crippen molar-refractivity contribution in [1.82, 2.24) is 25.3 Å². The third-order valence-electron chi connectivity index (χ3n) is 8.14. The van der Waals surface area contributed by atoms with Gasteiger partial charge >= 0.3 is 18.2 Å². The summed E-state index contributed by atoms with van der Waals surface area (Å²) in [7, 11) is 0. The number of alkyl carbamates (subject to hydrolysis) is 1. The van der Waals surface area contributed by atoms with Gasteiger partial charge in [0.25, 0.3) is 5.91 Å². The van der Waals surface area contributed by atoms with E-state index in [0.29, 0.717) is 42.6 Å². The van der Waals surface area contributed by atoms with Crippen LogP contribution in [0.4, 0.5) is 15.3 Å². The first-order valence-electron chi connectivity index (χ1n) is 16.9. The highest BCUT2D eigenvalue weighted by molar-refractivity contribution is 5.89. The number of aliphatic carboxylic acids is 1. The van der Waals surface area contributed by atoms with E-state index in [9.17, 15) is 29.4 Å². The molecule has 1 saturated heterocycles. The molecule has 3 amide bonds. The molecule has 5 N–H and O–H groups in total. The molecular formula is C37H44N6O8. The second kappa shape index (κ2) is 16.5. The Labute approximate surface area is 295 Å². The Morgan fingerprint density at radius 1 is 1.00 bits per heavy atom. The van der Waals surface area contributed by atoms with E-state index in [2.05, 4.69) is 21.0 Å². The Bertz CT molecular complexity index is 1850. The van der Waals surface area contributed by atoms with Crippen LogP contribution >= 0.6 is 0 Å². The molecule has 2 heterocycles. The van der Waals surface area contributed by atoms with Gasteiger partial charge in [-0.2, -0.15) is 0 Å². The van der Waals surface area contributed by atoms with Crippen LogP contribution in [0.25, 0.3) is 22.2 Å². The number of anilines is 1. The number of aromatic nitrogens is 2. The molecule has 1 aliphatic heterocycles. The van der Waals surface area contributed by atoms with Gasteiger partial charge < -0.3 is 29.6 Å². The second-order valence-electron chi connectivity index (χ2n) is 13.4. The van der Waals surface area contributed by atoms with Crippen LogP contribution in [-0.4, -0.2) is 79.7 Å². The molecule has 1 aromatic heterocycles. The number of carbonyl (C=O) groups excluding carboxylic acids is 3. The number of aryl methyl sites for hydroxylation is 1. The molecule has 14 heteroatoms. The van der Waals surface area contributed by atoms with Crippen molar-refractivity contribution in [2.75, 3.05) is 18.5 Å². The van der Waals surface area contributed by atoms with E-state index in [1.165, 1.54) is 5.01 Å². The van der Waals surface area contributed by atoms with Crippen molar-refractivity contribution in [3.8, 4) is 11.1 Å². The number of aliphatic hydroxyl groups excluding tert-OH is 1. The SMILES string of the molecule is CC(C)(C)OC(=O)NC(Cc1cc(NC(=O)OCc2ccccc2)cc(-c2ccc3ncn(CCCO)c3c2)c1)C(=O)N1CCCC(C(=O)O)N1. The van der Waals surface area contributed by atoms with Crippen LogP contribution in [0.2, 0.25) is 0 Å². The van der Waals surface area contributed by atoms with Crippen molar-refractivity contribution in [3.05, 3.63) is 84.2 Å². The van der Waals surface area contributed by atoms with Crippen LogP contribution in [0.1, 0.15) is 51.2 Å². The van der Waals surface area contributed by atoms with E-state index in [-0.39, 0.29) is 26.2 Å². The van der Waals surface area contributed by atoms with E-state index in [1.807, 2.05) is 59.2 Å². The summed E-state index contributed by atoms with van der Waals surface area (Å²) in [5.74, 6) is -1.62. The fraction of sp³-hybridized carbons (Fsp3) is 0.378. The monoisotopic (exact) mass is 700 g/mol. The molecule has 0 spiro atoms. The van der Waals surface area contributed by atoms with Crippen molar-refractivity contribution in [3.63, 3.8) is 0 Å². The standard InChI is InChI=1S/C37H44N6O8/c1-37(2,3)51-36(49)40-31(33(45)43-15-7-11-30(41-43)34(46)47)19-25-17-27(26-12-13-29-32(21-26)42(23-38-29)14-8-16-44)20-28(18-25)39-35(48)50-22-24-9-5-4-6-10-24/h4-6,9-10,12-13,17-18,20-21,23,30-31,41,44H,7-8,11,14-16,19,22H2,1-3H3,(H,39,48)(H,40,49)(H,46,47). The van der Waals surface area contributed by atoms with Crippen molar-refractivity contribution in [2.45, 2.75) is 77.3 Å². The zero-order valence-corrected chi connectivity index (χ0v) is 28.9. The maximum absolute atomic E-state index is 13.9. The minimum atomic E-state index is -1.16. The number of carboxylic acids is 1. The van der Waals surface area contributed by atoms with E-state index in [0.717, 1.165) is 22.2 Å². The number of hydrogen-bond donors (Lipinski definition) is 5. The number of benzene rings is 3. The lowest BCUT2D eigenvalue weighted by molar-refractivity contribution is -0.147. The number of carboxylic acid groups (broad SMARTS) is 1. The smallest absolute Gasteiger partial charge is 0.411 e. The first-order valence-corrected chi connectivity index (χ1v) is 16.9. The predicted molar refractivity (Wildman–Crippen MR) is 189 cm³/mol. The molecule has 0 aliphatic carbocycles. The number of amides is 3. The molecule has 0 bridgehead atoms. The van der Waals surface area contributed by atoms with Crippen molar-refractivity contribution < 1.29 is 38.9 Å². The number of rotatable bonds is 12. The van der Waals surface area contributed by atoms with Gasteiger partial charge in [-0.05, 0) is 86.6 Å². The molecule has 1 fully saturated rings. The fourth-order valence-electron chi connectivity index (χ4n) is 5.78. The van der Waals surface area contributed by atoms with Crippen molar-refractivity contribution in [2.24, 2.45) is 0 Å². The molecule has 0 radical (unpaired) electrons. The molecule has 0 saturated carbocycles. The number of carbonyl (C=O) groups is 4. The Balaban J connectivity index is 1.48. The average molecular weight is 701 g/mol. The van der Waals surface area contributed by atoms with E-state index in [4.69, 9.17) is 9.47 Å². The molecule has 3 aromatic carbocycles. The van der Waals surface area contributed by atoms with Crippen molar-refractivity contribution in [1.29, 1.82) is 0 Å². The predicted octanol–water partition coefficient (Wildman–Crippen LogP) is 4.85. The van der Waals surface area contributed by atoms with Crippen LogP contribution < -0.4 is 16.1 Å². The zero-order valence-electron chi connectivity index (χ0n) is 28.9. The van der Waals surface area contributed by atoms with Crippen LogP contribution in [0.5, 0.6) is 0 Å². The summed E-state index contributed by atoms with van der Waals surface area (Å²) < 4.78 is 12.9. The quantitative estimate of drug-likeness (QED) is 0.137. The summed E-state index contributed by atoms with van der Waals surface area (Å²) in [6, 6.07) is 18.2. The van der Waals surface area contributed by atoms with Crippen LogP contribution in [-0.2, 0) is 38.6 Å². The zero-order chi connectivity index (χ0) is 36.5. The van der Waals surface area contributed by atoms with Gasteiger partial charge in [0.05, 0.1) is 17.4 Å². The number of nitrogens with zero attached hydrogens (tertiary/aromatic N) is 3. The Morgan fingerprint density at radius 3 is 2.51 bits per heavy atom. The average Bonchev–Trinajstić information content (AvgIpc) is 3.51. The lowest BCUT2D eigenvalue weighted by Gasteiger charge is -2.34. The molecule has 270 valence electrons. The summed E-state index contributed by atoms with van der Waals surface area (Å²) >= 11 is 0. The Morgan fingerprint density at radius 2 is 1.78 bits per heavy atom. The van der Waals surface area contributed by atoms with E-state index >= 15 is 0 Å². The molecule has 4 aromatic rings. The van der Waals surface area contributed by atoms with Crippen LogP contribution in [0.15, 0.2) is 73.1 Å². The third-order valence-corrected chi connectivity index (χ3v) is 8.14. The topological polar surface area (TPSA) is 184 Å². The highest BCUT2D eigenvalue weighted by Gasteiger charge is 2.33. The number of imidazole rings is 1. The maximum Gasteiger partial charge on any atom is 0.411 e. The fourth-order valence-corrected chi connectivity index (χ4v) is 5.78. The highest BCUT2D eigenvalue weighted by Crippen LogP contribution is 2.29. The number of nitrogens with one attached hydrogen (secondary N) is 3. The van der Waals surface area contributed by atoms with Crippen LogP contribution in [0, 0.1) is 0 Å². The Kier molecular flexibility index (Phi) is 11.9. The van der Waals surface area contributed by atoms with Gasteiger partial charge in [-0.25, -0.2) is 20.0 Å². The molecule has 2 atom stereocenters. The summed E-state index contributed by atoms with van der Waals surface area (Å²) in [4.78, 5) is 56.1. The first-order chi connectivity index (χ1) is 24.4. The van der Waals surface area contributed by atoms with Gasteiger partial charge in [0.15, 0.2) is 0 Å². The lowest BCUT2D eigenvalue weighted by atomic mass is 9.97. The summed E-state index contributed by atoms with van der Waals surface area (Å²) in [5, 5.41) is 25.7. The summed E-state index contributed by atoms with van der Waals surface area (Å²) in [6.07, 6.45) is 1.57. The number of aliphatic hydroxyl groups is 1. The summed E-state index contributed by atoms with van der Waals surface area (Å²) in [6.45, 7) is 6.04. The number of hydrogen-bond acceptors (Lipinski definition) is 9. The third kappa shape index (κ3) is 10.3. The van der Waals surface area contributed by atoms with Gasteiger partial charge in [-0.3, -0.25) is 19.9 Å². The van der Waals surface area contributed by atoms with E-state index in [1.54, 1.807) is 39.2 Å². The highest BCUT2D eigenvalue weighted by atomic mass is 16.6. The number of fused-ring (bicyclic) bond motifs is 1. The molecular weight excluding hydrogens is 656 g/mol. The van der Waals surface area contributed by atoms with Gasteiger partial charge in [-0.15, -0.1) is 0 Å².